The molecule has 1 aliphatic heterocycles. The van der Waals surface area contributed by atoms with E-state index in [1.807, 2.05) is 13.8 Å². The monoisotopic (exact) mass is 456 g/mol. The number of rotatable bonds is 13. The van der Waals surface area contributed by atoms with Crippen LogP contribution in [0.3, 0.4) is 0 Å². The SMILES string of the molecule is CC(C)(CC(O)COC1CCC(C(C)(C)C2CCC(OCCO)CC2)CC1)OCC1CO1. The third-order valence-corrected chi connectivity index (χ3v) is 8.21. The second kappa shape index (κ2) is 11.9. The molecule has 3 fully saturated rings. The Labute approximate surface area is 195 Å². The zero-order valence-corrected chi connectivity index (χ0v) is 20.9. The highest BCUT2D eigenvalue weighted by Gasteiger charge is 2.41. The second-order valence-electron chi connectivity index (χ2n) is 11.6. The zero-order chi connectivity index (χ0) is 23.2. The first-order valence-electron chi connectivity index (χ1n) is 13.0. The lowest BCUT2D eigenvalue weighted by Crippen LogP contribution is -2.39. The summed E-state index contributed by atoms with van der Waals surface area (Å²) in [6, 6.07) is 0. The number of aliphatic hydroxyl groups excluding tert-OH is 2. The van der Waals surface area contributed by atoms with Gasteiger partial charge >= 0.3 is 0 Å². The van der Waals surface area contributed by atoms with Crippen molar-refractivity contribution in [1.82, 2.24) is 0 Å². The first-order chi connectivity index (χ1) is 15.2. The van der Waals surface area contributed by atoms with Gasteiger partial charge < -0.3 is 29.2 Å². The fourth-order valence-electron chi connectivity index (χ4n) is 5.91. The van der Waals surface area contributed by atoms with Crippen LogP contribution in [0.15, 0.2) is 0 Å². The smallest absolute Gasteiger partial charge is 0.104 e. The molecule has 2 saturated carbocycles. The van der Waals surface area contributed by atoms with Gasteiger partial charge in [-0.2, -0.15) is 0 Å². The molecule has 1 saturated heterocycles. The van der Waals surface area contributed by atoms with E-state index in [1.54, 1.807) is 0 Å². The molecule has 32 heavy (non-hydrogen) atoms. The van der Waals surface area contributed by atoms with E-state index >= 15 is 0 Å². The first-order valence-corrected chi connectivity index (χ1v) is 13.0. The summed E-state index contributed by atoms with van der Waals surface area (Å²) in [4.78, 5) is 0. The van der Waals surface area contributed by atoms with E-state index in [0.717, 1.165) is 44.1 Å². The van der Waals surface area contributed by atoms with Crippen molar-refractivity contribution in [3.63, 3.8) is 0 Å². The van der Waals surface area contributed by atoms with E-state index in [2.05, 4.69) is 13.8 Å². The first kappa shape index (κ1) is 26.4. The molecule has 6 heteroatoms. The van der Waals surface area contributed by atoms with Crippen LogP contribution in [-0.2, 0) is 18.9 Å². The van der Waals surface area contributed by atoms with Crippen LogP contribution >= 0.6 is 0 Å². The molecule has 2 atom stereocenters. The van der Waals surface area contributed by atoms with Crippen molar-refractivity contribution in [2.75, 3.05) is 33.0 Å². The molecule has 0 spiro atoms. The fourth-order valence-corrected chi connectivity index (χ4v) is 5.91. The molecule has 0 radical (unpaired) electrons. The Morgan fingerprint density at radius 1 is 0.875 bits per heavy atom. The van der Waals surface area contributed by atoms with Crippen molar-refractivity contribution < 1.29 is 29.2 Å². The number of ether oxygens (including phenoxy) is 4. The Balaban J connectivity index is 1.33. The Kier molecular flexibility index (Phi) is 9.84. The number of aliphatic hydroxyl groups is 2. The van der Waals surface area contributed by atoms with Gasteiger partial charge in [0.1, 0.15) is 6.10 Å². The number of hydrogen-bond acceptors (Lipinski definition) is 6. The Bertz CT molecular complexity index is 530. The summed E-state index contributed by atoms with van der Waals surface area (Å²) in [6.07, 6.45) is 10.2. The van der Waals surface area contributed by atoms with Crippen LogP contribution in [0.4, 0.5) is 0 Å². The molecular weight excluding hydrogens is 408 g/mol. The summed E-state index contributed by atoms with van der Waals surface area (Å²) in [6.45, 7) is 11.4. The van der Waals surface area contributed by atoms with E-state index in [4.69, 9.17) is 24.1 Å². The molecule has 3 aliphatic rings. The lowest BCUT2D eigenvalue weighted by Gasteiger charge is -2.46. The van der Waals surface area contributed by atoms with E-state index < -0.39 is 6.10 Å². The van der Waals surface area contributed by atoms with Crippen molar-refractivity contribution >= 4 is 0 Å². The van der Waals surface area contributed by atoms with Gasteiger partial charge in [-0.05, 0) is 82.5 Å². The largest absolute Gasteiger partial charge is 0.394 e. The van der Waals surface area contributed by atoms with Crippen LogP contribution in [0, 0.1) is 17.3 Å². The minimum atomic E-state index is -0.498. The van der Waals surface area contributed by atoms with Gasteiger partial charge in [0.05, 0.1) is 56.9 Å². The summed E-state index contributed by atoms with van der Waals surface area (Å²) in [5.74, 6) is 1.49. The molecule has 0 aromatic rings. The molecule has 2 aliphatic carbocycles. The molecular formula is C26H48O6. The van der Waals surface area contributed by atoms with E-state index in [9.17, 15) is 5.11 Å². The van der Waals surface area contributed by atoms with Crippen LogP contribution in [0.2, 0.25) is 0 Å². The quantitative estimate of drug-likeness (QED) is 0.406. The van der Waals surface area contributed by atoms with Crippen molar-refractivity contribution in [2.45, 2.75) is 115 Å². The second-order valence-corrected chi connectivity index (χ2v) is 11.6. The molecule has 188 valence electrons. The minimum absolute atomic E-state index is 0.120. The molecule has 6 nitrogen and oxygen atoms in total. The third kappa shape index (κ3) is 8.21. The molecule has 0 amide bonds. The minimum Gasteiger partial charge on any atom is -0.394 e. The van der Waals surface area contributed by atoms with Crippen LogP contribution in [0.1, 0.15) is 85.5 Å². The average molecular weight is 457 g/mol. The Morgan fingerprint density at radius 3 is 1.91 bits per heavy atom. The van der Waals surface area contributed by atoms with Gasteiger partial charge in [-0.1, -0.05) is 13.8 Å². The maximum Gasteiger partial charge on any atom is 0.104 e. The highest BCUT2D eigenvalue weighted by Crippen LogP contribution is 2.48. The normalized spacial score (nSPS) is 32.6. The molecule has 0 aromatic carbocycles. The number of hydrogen-bond donors (Lipinski definition) is 2. The summed E-state index contributed by atoms with van der Waals surface area (Å²) < 4.78 is 23.0. The van der Waals surface area contributed by atoms with Gasteiger partial charge in [0.2, 0.25) is 0 Å². The average Bonchev–Trinajstić information content (AvgIpc) is 3.60. The van der Waals surface area contributed by atoms with E-state index in [1.165, 1.54) is 25.7 Å². The van der Waals surface area contributed by atoms with Crippen LogP contribution < -0.4 is 0 Å². The highest BCUT2D eigenvalue weighted by atomic mass is 16.6. The molecule has 1 heterocycles. The van der Waals surface area contributed by atoms with E-state index in [-0.39, 0.29) is 24.4 Å². The van der Waals surface area contributed by atoms with Crippen molar-refractivity contribution in [2.24, 2.45) is 17.3 Å². The van der Waals surface area contributed by atoms with Gasteiger partial charge in [0.25, 0.3) is 0 Å². The van der Waals surface area contributed by atoms with Gasteiger partial charge in [0, 0.05) is 6.42 Å². The predicted molar refractivity (Wildman–Crippen MR) is 125 cm³/mol. The fraction of sp³-hybridized carbons (Fsp3) is 1.00. The lowest BCUT2D eigenvalue weighted by molar-refractivity contribution is -0.0871. The molecule has 0 bridgehead atoms. The van der Waals surface area contributed by atoms with Crippen LogP contribution in [0.5, 0.6) is 0 Å². The Hall–Kier alpha value is -0.240. The van der Waals surface area contributed by atoms with Gasteiger partial charge in [0.15, 0.2) is 0 Å². The predicted octanol–water partition coefficient (Wildman–Crippen LogP) is 4.10. The maximum absolute atomic E-state index is 10.5. The van der Waals surface area contributed by atoms with Gasteiger partial charge in [-0.15, -0.1) is 0 Å². The summed E-state index contributed by atoms with van der Waals surface area (Å²) in [5.41, 5.74) is -0.0163. The lowest BCUT2D eigenvalue weighted by atomic mass is 9.60. The zero-order valence-electron chi connectivity index (χ0n) is 20.9. The third-order valence-electron chi connectivity index (χ3n) is 8.21. The summed E-state index contributed by atoms with van der Waals surface area (Å²) >= 11 is 0. The summed E-state index contributed by atoms with van der Waals surface area (Å²) in [7, 11) is 0. The molecule has 2 unspecified atom stereocenters. The summed E-state index contributed by atoms with van der Waals surface area (Å²) in [5, 5.41) is 19.4. The Morgan fingerprint density at radius 2 is 1.41 bits per heavy atom. The maximum atomic E-state index is 10.5. The van der Waals surface area contributed by atoms with Crippen LogP contribution in [0.25, 0.3) is 0 Å². The van der Waals surface area contributed by atoms with Crippen LogP contribution in [-0.4, -0.2) is 73.3 Å². The van der Waals surface area contributed by atoms with Crippen molar-refractivity contribution in [3.8, 4) is 0 Å². The standard InChI is InChI=1S/C26H48O6/c1-25(2,32-18-24-17-31-24)15-21(28)16-30-23-11-7-20(8-12-23)26(3,4)19-5-9-22(10-6-19)29-14-13-27/h19-24,27-28H,5-18H2,1-4H3. The molecule has 0 aromatic heterocycles. The van der Waals surface area contributed by atoms with Crippen molar-refractivity contribution in [3.05, 3.63) is 0 Å². The van der Waals surface area contributed by atoms with Gasteiger partial charge in [-0.3, -0.25) is 0 Å². The van der Waals surface area contributed by atoms with Crippen molar-refractivity contribution in [1.29, 1.82) is 0 Å². The van der Waals surface area contributed by atoms with Gasteiger partial charge in [-0.25, -0.2) is 0 Å². The molecule has 2 N–H and O–H groups in total. The highest BCUT2D eigenvalue weighted by molar-refractivity contribution is 4.91. The molecule has 3 rings (SSSR count). The number of epoxide rings is 1. The topological polar surface area (TPSA) is 80.7 Å². The van der Waals surface area contributed by atoms with E-state index in [0.29, 0.717) is 37.8 Å².